The third-order valence-corrected chi connectivity index (χ3v) is 7.85. The largest absolute Gasteiger partial charge is 0.493 e. The lowest BCUT2D eigenvalue weighted by Crippen LogP contribution is -2.48. The maximum Gasteiger partial charge on any atom is 0.282 e. The third kappa shape index (κ3) is 5.05. The smallest absolute Gasteiger partial charge is 0.282 e. The molecule has 1 aliphatic heterocycles. The molecule has 0 aliphatic carbocycles. The second-order valence-corrected chi connectivity index (χ2v) is 10.9. The van der Waals surface area contributed by atoms with Crippen molar-refractivity contribution in [2.24, 2.45) is 0 Å². The lowest BCUT2D eigenvalue weighted by molar-refractivity contribution is -0.0276. The molecule has 186 valence electrons. The van der Waals surface area contributed by atoms with E-state index in [1.165, 1.54) is 0 Å². The van der Waals surface area contributed by atoms with Gasteiger partial charge in [-0.15, -0.1) is 0 Å². The zero-order valence-corrected chi connectivity index (χ0v) is 21.7. The molecule has 1 saturated heterocycles. The monoisotopic (exact) mass is 521 g/mol. The van der Waals surface area contributed by atoms with Crippen molar-refractivity contribution >= 4 is 29.1 Å². The van der Waals surface area contributed by atoms with Gasteiger partial charge in [0.1, 0.15) is 10.9 Å². The zero-order valence-electron chi connectivity index (χ0n) is 20.1. The van der Waals surface area contributed by atoms with Gasteiger partial charge in [-0.2, -0.15) is 0 Å². The molecule has 1 atom stereocenters. The van der Waals surface area contributed by atoms with E-state index >= 15 is 0 Å². The van der Waals surface area contributed by atoms with Gasteiger partial charge in [0.25, 0.3) is 5.56 Å². The number of aromatic amines is 1. The van der Waals surface area contributed by atoms with Gasteiger partial charge in [0, 0.05) is 23.7 Å². The van der Waals surface area contributed by atoms with E-state index in [-0.39, 0.29) is 21.9 Å². The van der Waals surface area contributed by atoms with Crippen LogP contribution in [0, 0.1) is 0 Å². The Bertz CT molecular complexity index is 1420. The van der Waals surface area contributed by atoms with Gasteiger partial charge in [0.15, 0.2) is 0 Å². The lowest BCUT2D eigenvalue weighted by Gasteiger charge is -2.39. The zero-order chi connectivity index (χ0) is 25.3. The molecule has 36 heavy (non-hydrogen) atoms. The highest BCUT2D eigenvalue weighted by molar-refractivity contribution is 7.99. The van der Waals surface area contributed by atoms with Crippen LogP contribution in [0.2, 0.25) is 5.02 Å². The summed E-state index contributed by atoms with van der Waals surface area (Å²) in [7, 11) is 0. The van der Waals surface area contributed by atoms with Crippen LogP contribution < -0.4 is 10.5 Å². The van der Waals surface area contributed by atoms with Crippen LogP contribution in [0.3, 0.4) is 0 Å². The molecule has 0 amide bonds. The summed E-state index contributed by atoms with van der Waals surface area (Å²) in [6.45, 7) is 6.42. The molecular weight excluding hydrogens is 494 g/mol. The molecule has 1 unspecified atom stereocenters. The van der Waals surface area contributed by atoms with Crippen LogP contribution in [0.4, 0.5) is 5.69 Å². The van der Waals surface area contributed by atoms with Gasteiger partial charge in [-0.1, -0.05) is 78.0 Å². The van der Waals surface area contributed by atoms with Gasteiger partial charge >= 0.3 is 0 Å². The van der Waals surface area contributed by atoms with E-state index in [4.69, 9.17) is 16.3 Å². The van der Waals surface area contributed by atoms with Crippen LogP contribution in [0.5, 0.6) is 5.88 Å². The number of anilines is 1. The Morgan fingerprint density at radius 2 is 1.75 bits per heavy atom. The molecule has 0 spiro atoms. The summed E-state index contributed by atoms with van der Waals surface area (Å²) in [5.41, 5.74) is 2.35. The minimum absolute atomic E-state index is 0.128. The van der Waals surface area contributed by atoms with Gasteiger partial charge in [-0.25, -0.2) is 4.68 Å². The summed E-state index contributed by atoms with van der Waals surface area (Å²) in [6.07, 6.45) is 0. The van der Waals surface area contributed by atoms with E-state index in [2.05, 4.69) is 36.0 Å². The van der Waals surface area contributed by atoms with E-state index < -0.39 is 6.04 Å². The van der Waals surface area contributed by atoms with Crippen LogP contribution in [0.15, 0.2) is 93.4 Å². The van der Waals surface area contributed by atoms with Gasteiger partial charge in [0.2, 0.25) is 5.88 Å². The second-order valence-electron chi connectivity index (χ2n) is 9.43. The highest BCUT2D eigenvalue weighted by atomic mass is 35.5. The number of morpholine rings is 1. The molecule has 5 rings (SSSR count). The summed E-state index contributed by atoms with van der Waals surface area (Å²) >= 11 is 7.47. The van der Waals surface area contributed by atoms with Crippen molar-refractivity contribution < 1.29 is 9.84 Å². The maximum atomic E-state index is 13.0. The third-order valence-electron chi connectivity index (χ3n) is 6.26. The van der Waals surface area contributed by atoms with Crippen LogP contribution in [0.1, 0.15) is 31.0 Å². The molecule has 1 aromatic heterocycles. The molecule has 6 nitrogen and oxygen atoms in total. The molecule has 3 aromatic carbocycles. The van der Waals surface area contributed by atoms with Crippen molar-refractivity contribution in [2.75, 3.05) is 24.6 Å². The number of hydrogen-bond acceptors (Lipinski definition) is 5. The van der Waals surface area contributed by atoms with E-state index in [0.717, 1.165) is 41.7 Å². The summed E-state index contributed by atoms with van der Waals surface area (Å²) in [6, 6.07) is 24.9. The fourth-order valence-electron chi connectivity index (χ4n) is 4.59. The van der Waals surface area contributed by atoms with Crippen molar-refractivity contribution in [3.63, 3.8) is 0 Å². The minimum atomic E-state index is -0.437. The quantitative estimate of drug-likeness (QED) is 0.328. The number of nitrogens with zero attached hydrogens (tertiary/aromatic N) is 2. The first-order chi connectivity index (χ1) is 17.3. The van der Waals surface area contributed by atoms with Crippen LogP contribution >= 0.6 is 23.4 Å². The molecule has 2 heterocycles. The van der Waals surface area contributed by atoms with E-state index in [0.29, 0.717) is 16.5 Å². The van der Waals surface area contributed by atoms with Crippen LogP contribution in [0.25, 0.3) is 0 Å². The van der Waals surface area contributed by atoms with E-state index in [9.17, 15) is 9.90 Å². The van der Waals surface area contributed by atoms with Crippen molar-refractivity contribution in [1.82, 2.24) is 9.78 Å². The number of rotatable bonds is 6. The van der Waals surface area contributed by atoms with Gasteiger partial charge in [-0.05, 0) is 49.2 Å². The Morgan fingerprint density at radius 1 is 1.03 bits per heavy atom. The number of aromatic nitrogens is 2. The number of H-pyrrole nitrogens is 1. The predicted octanol–water partition coefficient (Wildman–Crippen LogP) is 5.94. The molecule has 0 saturated carbocycles. The molecule has 0 bridgehead atoms. The first-order valence-corrected chi connectivity index (χ1v) is 13.0. The maximum absolute atomic E-state index is 13.0. The second kappa shape index (κ2) is 10.1. The van der Waals surface area contributed by atoms with Crippen molar-refractivity contribution in [2.45, 2.75) is 35.3 Å². The summed E-state index contributed by atoms with van der Waals surface area (Å²) < 4.78 is 7.43. The van der Waals surface area contributed by atoms with Crippen LogP contribution in [-0.2, 0) is 4.74 Å². The van der Waals surface area contributed by atoms with Gasteiger partial charge in [-0.3, -0.25) is 9.89 Å². The molecule has 8 heteroatoms. The number of benzene rings is 3. The average Bonchev–Trinajstić information content (AvgIpc) is 3.14. The van der Waals surface area contributed by atoms with E-state index in [1.807, 2.05) is 60.7 Å². The normalized spacial score (nSPS) is 16.1. The number of aromatic hydroxyl groups is 1. The van der Waals surface area contributed by atoms with Gasteiger partial charge < -0.3 is 14.7 Å². The first-order valence-electron chi connectivity index (χ1n) is 11.8. The Morgan fingerprint density at radius 3 is 2.50 bits per heavy atom. The number of halogens is 1. The number of nitrogens with one attached hydrogen (secondary N) is 1. The van der Waals surface area contributed by atoms with E-state index in [1.54, 1.807) is 10.7 Å². The standard InChI is InChI=1S/C28H28ClN3O3S/c1-28(2)18-31(15-16-35-28)21-12-8-11-20(17-21)24(19-9-4-3-5-10-19)32-27(34)25(26(33)30-32)36-23-14-7-6-13-22(23)29/h3-14,17,24,34H,15-16,18H2,1-2H3,(H,30,33). The SMILES string of the molecule is CC1(C)CN(c2cccc(C(c3ccccc3)n3[nH]c(=O)c(Sc4ccccc4Cl)c3O)c2)CCO1. The van der Waals surface area contributed by atoms with Crippen LogP contribution in [-0.4, -0.2) is 40.2 Å². The number of ether oxygens (including phenoxy) is 1. The summed E-state index contributed by atoms with van der Waals surface area (Å²) in [4.78, 5) is 16.2. The highest BCUT2D eigenvalue weighted by Gasteiger charge is 2.29. The average molecular weight is 522 g/mol. The number of hydrogen-bond donors (Lipinski definition) is 2. The fourth-order valence-corrected chi connectivity index (χ4v) is 5.71. The summed E-state index contributed by atoms with van der Waals surface area (Å²) in [5.74, 6) is -0.128. The Hall–Kier alpha value is -3.13. The molecule has 4 aromatic rings. The lowest BCUT2D eigenvalue weighted by atomic mass is 9.97. The molecular formula is C28H28ClN3O3S. The first kappa shape index (κ1) is 24.6. The van der Waals surface area contributed by atoms with Crippen molar-refractivity contribution in [1.29, 1.82) is 0 Å². The van der Waals surface area contributed by atoms with Gasteiger partial charge in [0.05, 0.1) is 17.2 Å². The van der Waals surface area contributed by atoms with Crippen molar-refractivity contribution in [3.05, 3.63) is 105 Å². The Labute approximate surface area is 219 Å². The van der Waals surface area contributed by atoms with Crippen molar-refractivity contribution in [3.8, 4) is 5.88 Å². The predicted molar refractivity (Wildman–Crippen MR) is 145 cm³/mol. The highest BCUT2D eigenvalue weighted by Crippen LogP contribution is 2.39. The Kier molecular flexibility index (Phi) is 6.88. The molecule has 2 N–H and O–H groups in total. The molecule has 0 radical (unpaired) electrons. The fraction of sp³-hybridized carbons (Fsp3) is 0.250. The topological polar surface area (TPSA) is 70.5 Å². The molecule has 1 aliphatic rings. The minimum Gasteiger partial charge on any atom is -0.493 e. The summed E-state index contributed by atoms with van der Waals surface area (Å²) in [5, 5.41) is 14.7. The Balaban J connectivity index is 1.57. The molecule has 1 fully saturated rings.